The fourth-order valence-electron chi connectivity index (χ4n) is 2.08. The maximum absolute atomic E-state index is 12.2. The van der Waals surface area contributed by atoms with Gasteiger partial charge in [0.25, 0.3) is 0 Å². The third kappa shape index (κ3) is 22.3. The van der Waals surface area contributed by atoms with Gasteiger partial charge in [-0.15, -0.1) is 0 Å². The van der Waals surface area contributed by atoms with E-state index in [0.717, 1.165) is 41.7 Å². The number of rotatable bonds is 6. The summed E-state index contributed by atoms with van der Waals surface area (Å²) in [7, 11) is 0. The summed E-state index contributed by atoms with van der Waals surface area (Å²) in [6, 6.07) is 4.46. The first-order valence-electron chi connectivity index (χ1n) is 12.0. The van der Waals surface area contributed by atoms with E-state index in [2.05, 4.69) is 34.3 Å². The highest BCUT2D eigenvalue weighted by Crippen LogP contribution is 2.29. The fraction of sp³-hybridized carbons (Fsp3) is 0.517. The monoisotopic (exact) mass is 536 g/mol. The summed E-state index contributed by atoms with van der Waals surface area (Å²) in [6.07, 6.45) is -3.93. The molecule has 0 saturated carbocycles. The predicted molar refractivity (Wildman–Crippen MR) is 140 cm³/mol. The second-order valence-electron chi connectivity index (χ2n) is 8.96. The van der Waals surface area contributed by atoms with E-state index < -0.39 is 23.5 Å². The zero-order valence-electron chi connectivity index (χ0n) is 23.4. The summed E-state index contributed by atoms with van der Waals surface area (Å²) in [5, 5.41) is 0. The van der Waals surface area contributed by atoms with Crippen LogP contribution in [0.15, 0.2) is 60.2 Å². The normalized spacial score (nSPS) is 11.9. The Bertz CT molecular complexity index is 867. The Morgan fingerprint density at radius 3 is 1.68 bits per heavy atom. The molecule has 0 spiro atoms. The molecule has 0 radical (unpaired) electrons. The molecule has 0 aliphatic rings. The summed E-state index contributed by atoms with van der Waals surface area (Å²) in [5.74, 6) is 1.65. The van der Waals surface area contributed by atoms with E-state index in [9.17, 15) is 35.9 Å². The average molecular weight is 537 g/mol. The molecule has 0 N–H and O–H groups in total. The molecule has 1 aromatic carbocycles. The van der Waals surface area contributed by atoms with Gasteiger partial charge in [0.15, 0.2) is 5.78 Å². The van der Waals surface area contributed by atoms with Crippen molar-refractivity contribution in [2.45, 2.75) is 87.5 Å². The third-order valence-electron chi connectivity index (χ3n) is 4.76. The molecule has 0 heterocycles. The van der Waals surface area contributed by atoms with Gasteiger partial charge in [0, 0.05) is 12.0 Å². The Morgan fingerprint density at radius 1 is 0.919 bits per heavy atom. The highest BCUT2D eigenvalue weighted by atomic mass is 19.4. The summed E-state index contributed by atoms with van der Waals surface area (Å²) in [4.78, 5) is 20.6. The van der Waals surface area contributed by atoms with Crippen LogP contribution in [0.2, 0.25) is 0 Å². The molecule has 0 aliphatic carbocycles. The van der Waals surface area contributed by atoms with E-state index in [1.807, 2.05) is 0 Å². The van der Waals surface area contributed by atoms with Crippen LogP contribution >= 0.6 is 0 Å². The van der Waals surface area contributed by atoms with Gasteiger partial charge >= 0.3 is 12.4 Å². The van der Waals surface area contributed by atoms with Crippen molar-refractivity contribution in [2.24, 2.45) is 11.8 Å². The van der Waals surface area contributed by atoms with Crippen LogP contribution in [0.5, 0.6) is 0 Å². The Hall–Kier alpha value is -2.64. The molecule has 212 valence electrons. The van der Waals surface area contributed by atoms with Crippen LogP contribution in [0.25, 0.3) is 0 Å². The topological polar surface area (TPSA) is 34.1 Å². The first-order valence-corrected chi connectivity index (χ1v) is 12.0. The molecule has 37 heavy (non-hydrogen) atoms. The zero-order valence-corrected chi connectivity index (χ0v) is 23.4. The van der Waals surface area contributed by atoms with Crippen molar-refractivity contribution < 1.29 is 35.9 Å². The van der Waals surface area contributed by atoms with Gasteiger partial charge in [-0.05, 0) is 51.7 Å². The molecule has 0 aromatic heterocycles. The van der Waals surface area contributed by atoms with Crippen molar-refractivity contribution >= 4 is 11.6 Å². The third-order valence-corrected chi connectivity index (χ3v) is 4.76. The van der Waals surface area contributed by atoms with Gasteiger partial charge in [0.1, 0.15) is 5.78 Å². The summed E-state index contributed by atoms with van der Waals surface area (Å²) >= 11 is 0. The molecule has 2 nitrogen and oxygen atoms in total. The quantitative estimate of drug-likeness (QED) is 0.206. The minimum atomic E-state index is -4.38. The van der Waals surface area contributed by atoms with Crippen molar-refractivity contribution in [3.8, 4) is 0 Å². The molecule has 1 unspecified atom stereocenters. The van der Waals surface area contributed by atoms with Crippen molar-refractivity contribution in [2.75, 3.05) is 0 Å². The second kappa shape index (κ2) is 19.5. The lowest BCUT2D eigenvalue weighted by molar-refractivity contribution is -0.137. The minimum absolute atomic E-state index is 0.113. The number of Topliss-reactive ketones (excluding diaryl/α,β-unsaturated/α-hetero) is 2. The number of allylic oxidation sites excluding steroid dienone is 5. The highest BCUT2D eigenvalue weighted by molar-refractivity contribution is 5.96. The SMILES string of the molecule is C=C/C(=C\C=C(C)C)C(F)(F)F.CC(C)=O.CCC(=O)c1cccc(C(F)(F)F)c1.CCC(C)C(C)C. The molecular formula is C29H42F6O2. The minimum Gasteiger partial charge on any atom is -0.300 e. The van der Waals surface area contributed by atoms with Gasteiger partial charge in [0.2, 0.25) is 0 Å². The number of ketones is 2. The largest absolute Gasteiger partial charge is 0.416 e. The molecular weight excluding hydrogens is 494 g/mol. The highest BCUT2D eigenvalue weighted by Gasteiger charge is 2.31. The Labute approximate surface area is 218 Å². The lowest BCUT2D eigenvalue weighted by Crippen LogP contribution is -2.09. The lowest BCUT2D eigenvalue weighted by Gasteiger charge is -2.10. The van der Waals surface area contributed by atoms with Crippen LogP contribution in [0.4, 0.5) is 26.3 Å². The van der Waals surface area contributed by atoms with Crippen LogP contribution in [-0.2, 0) is 11.0 Å². The van der Waals surface area contributed by atoms with Gasteiger partial charge < -0.3 is 4.79 Å². The van der Waals surface area contributed by atoms with Crippen LogP contribution in [0.1, 0.15) is 91.1 Å². The van der Waals surface area contributed by atoms with Crippen molar-refractivity contribution in [1.82, 2.24) is 0 Å². The number of benzene rings is 1. The van der Waals surface area contributed by atoms with Crippen LogP contribution in [-0.4, -0.2) is 17.7 Å². The van der Waals surface area contributed by atoms with E-state index >= 15 is 0 Å². The van der Waals surface area contributed by atoms with Crippen LogP contribution in [0.3, 0.4) is 0 Å². The number of carbonyl (C=O) groups excluding carboxylic acids is 2. The molecule has 1 aromatic rings. The number of carbonyl (C=O) groups is 2. The molecule has 0 bridgehead atoms. The van der Waals surface area contributed by atoms with E-state index in [-0.39, 0.29) is 23.6 Å². The fourth-order valence-corrected chi connectivity index (χ4v) is 2.08. The predicted octanol–water partition coefficient (Wildman–Crippen LogP) is 10.2. The number of hydrogen-bond donors (Lipinski definition) is 0. The molecule has 0 saturated heterocycles. The molecule has 1 rings (SSSR count). The van der Waals surface area contributed by atoms with E-state index in [4.69, 9.17) is 0 Å². The van der Waals surface area contributed by atoms with Gasteiger partial charge in [-0.25, -0.2) is 0 Å². The lowest BCUT2D eigenvalue weighted by atomic mass is 9.96. The van der Waals surface area contributed by atoms with Gasteiger partial charge in [-0.1, -0.05) is 83.6 Å². The standard InChI is InChI=1S/C10H9F3O.C9H11F3.C7H16.C3H6O/c1-2-9(14)7-4-3-5-8(6-7)10(11,12)13;1-4-8(9(10,11)12)6-5-7(2)3;1-5-7(4)6(2)3;1-3(2)4/h3-6H,2H2,1H3;4-6H,1H2,2-3H3;6-7H,5H2,1-4H3;1-2H3/b;8-6+;;. The van der Waals surface area contributed by atoms with Gasteiger partial charge in [0.05, 0.1) is 11.1 Å². The number of halogens is 6. The first kappa shape index (κ1) is 38.9. The number of hydrogen-bond acceptors (Lipinski definition) is 2. The Kier molecular flexibility index (Phi) is 20.5. The second-order valence-corrected chi connectivity index (χ2v) is 8.96. The molecule has 0 fully saturated rings. The average Bonchev–Trinajstić information content (AvgIpc) is 2.77. The van der Waals surface area contributed by atoms with Gasteiger partial charge in [-0.2, -0.15) is 26.3 Å². The zero-order chi connectivity index (χ0) is 30.0. The maximum atomic E-state index is 12.2. The van der Waals surface area contributed by atoms with E-state index in [1.165, 1.54) is 38.5 Å². The summed E-state index contributed by atoms with van der Waals surface area (Å²) < 4.78 is 72.7. The summed E-state index contributed by atoms with van der Waals surface area (Å²) in [6.45, 7) is 20.3. The van der Waals surface area contributed by atoms with Crippen molar-refractivity contribution in [3.05, 3.63) is 71.3 Å². The van der Waals surface area contributed by atoms with Crippen molar-refractivity contribution in [3.63, 3.8) is 0 Å². The molecule has 1 atom stereocenters. The first-order chi connectivity index (χ1) is 16.7. The molecule has 8 heteroatoms. The Morgan fingerprint density at radius 2 is 1.41 bits per heavy atom. The van der Waals surface area contributed by atoms with E-state index in [0.29, 0.717) is 0 Å². The van der Waals surface area contributed by atoms with Crippen LogP contribution < -0.4 is 0 Å². The molecule has 0 aliphatic heterocycles. The smallest absolute Gasteiger partial charge is 0.300 e. The van der Waals surface area contributed by atoms with Crippen LogP contribution in [0, 0.1) is 11.8 Å². The number of alkyl halides is 6. The van der Waals surface area contributed by atoms with E-state index in [1.54, 1.807) is 20.8 Å². The molecule has 0 amide bonds. The summed E-state index contributed by atoms with van der Waals surface area (Å²) in [5.41, 5.74) is -0.568. The maximum Gasteiger partial charge on any atom is 0.416 e. The Balaban J connectivity index is -0.000000455. The van der Waals surface area contributed by atoms with Gasteiger partial charge in [-0.3, -0.25) is 4.79 Å². The van der Waals surface area contributed by atoms with Crippen molar-refractivity contribution in [1.29, 1.82) is 0 Å².